The third kappa shape index (κ3) is 3.23. The molecule has 2 aromatic carbocycles. The minimum atomic E-state index is 0.211. The van der Waals surface area contributed by atoms with Crippen molar-refractivity contribution < 1.29 is 9.53 Å². The highest BCUT2D eigenvalue weighted by molar-refractivity contribution is 5.90. The first kappa shape index (κ1) is 16.0. The van der Waals surface area contributed by atoms with E-state index in [4.69, 9.17) is 4.74 Å². The Morgan fingerprint density at radius 3 is 2.58 bits per heavy atom. The molecule has 3 rings (SSSR count). The lowest BCUT2D eigenvalue weighted by atomic mass is 10.0. The molecule has 0 spiro atoms. The Bertz CT molecular complexity index is 823. The zero-order chi connectivity index (χ0) is 16.9. The Balaban J connectivity index is 1.94. The van der Waals surface area contributed by atoms with Gasteiger partial charge in [-0.25, -0.2) is 0 Å². The number of ether oxygens (including phenoxy) is 1. The zero-order valence-corrected chi connectivity index (χ0v) is 13.8. The molecule has 0 saturated heterocycles. The highest BCUT2D eigenvalue weighted by Crippen LogP contribution is 2.31. The topological polar surface area (TPSA) is 44.1 Å². The molecule has 0 bridgehead atoms. The van der Waals surface area contributed by atoms with Crippen LogP contribution in [0.2, 0.25) is 0 Å². The molecule has 0 aliphatic rings. The van der Waals surface area contributed by atoms with Crippen LogP contribution in [0.25, 0.3) is 11.3 Å². The molecule has 0 radical (unpaired) electrons. The van der Waals surface area contributed by atoms with Crippen molar-refractivity contribution in [3.8, 4) is 17.0 Å². The number of benzene rings is 2. The number of rotatable bonds is 6. The first-order valence-corrected chi connectivity index (χ1v) is 7.99. The average Bonchev–Trinajstić information content (AvgIpc) is 3.10. The minimum absolute atomic E-state index is 0.211. The number of hydrogen-bond donors (Lipinski definition) is 0. The predicted molar refractivity (Wildman–Crippen MR) is 94.2 cm³/mol. The normalized spacial score (nSPS) is 10.8. The van der Waals surface area contributed by atoms with Crippen molar-refractivity contribution in [1.29, 1.82) is 0 Å². The molecule has 1 aromatic heterocycles. The number of aromatic nitrogens is 2. The average molecular weight is 320 g/mol. The quantitative estimate of drug-likeness (QED) is 0.627. The van der Waals surface area contributed by atoms with Gasteiger partial charge in [-0.1, -0.05) is 42.5 Å². The van der Waals surface area contributed by atoms with E-state index in [0.29, 0.717) is 17.9 Å². The molecule has 0 N–H and O–H groups in total. The van der Waals surface area contributed by atoms with E-state index in [0.717, 1.165) is 23.1 Å². The van der Waals surface area contributed by atoms with Gasteiger partial charge in [-0.05, 0) is 31.5 Å². The highest BCUT2D eigenvalue weighted by atomic mass is 16.5. The van der Waals surface area contributed by atoms with Crippen LogP contribution in [0.15, 0.2) is 60.8 Å². The van der Waals surface area contributed by atoms with E-state index in [-0.39, 0.29) is 6.04 Å². The van der Waals surface area contributed by atoms with Gasteiger partial charge in [0.15, 0.2) is 6.29 Å². The number of aldehydes is 1. The number of carbonyl (C=O) groups is 1. The van der Waals surface area contributed by atoms with Gasteiger partial charge < -0.3 is 4.74 Å². The van der Waals surface area contributed by atoms with Crippen LogP contribution >= 0.6 is 0 Å². The van der Waals surface area contributed by atoms with Crippen LogP contribution < -0.4 is 4.74 Å². The summed E-state index contributed by atoms with van der Waals surface area (Å²) in [6.45, 7) is 4.55. The molecular formula is C20H20N2O2. The fraction of sp³-hybridized carbons (Fsp3) is 0.200. The van der Waals surface area contributed by atoms with Crippen molar-refractivity contribution in [3.05, 3.63) is 71.9 Å². The van der Waals surface area contributed by atoms with Crippen molar-refractivity contribution in [3.63, 3.8) is 0 Å². The van der Waals surface area contributed by atoms with Gasteiger partial charge in [-0.2, -0.15) is 5.10 Å². The van der Waals surface area contributed by atoms with E-state index in [2.05, 4.69) is 18.9 Å². The number of carbonyl (C=O) groups excluding carboxylic acids is 1. The van der Waals surface area contributed by atoms with Crippen LogP contribution in [-0.2, 0) is 6.61 Å². The minimum Gasteiger partial charge on any atom is -0.488 e. The smallest absolute Gasteiger partial charge is 0.154 e. The third-order valence-corrected chi connectivity index (χ3v) is 3.86. The second-order valence-corrected chi connectivity index (χ2v) is 5.86. The van der Waals surface area contributed by atoms with E-state index in [1.54, 1.807) is 6.20 Å². The Hall–Kier alpha value is -2.88. The molecule has 0 aliphatic heterocycles. The van der Waals surface area contributed by atoms with Gasteiger partial charge in [-0.3, -0.25) is 9.48 Å². The highest BCUT2D eigenvalue weighted by Gasteiger charge is 2.15. The summed E-state index contributed by atoms with van der Waals surface area (Å²) >= 11 is 0. The Morgan fingerprint density at radius 1 is 1.08 bits per heavy atom. The Labute approximate surface area is 141 Å². The van der Waals surface area contributed by atoms with E-state index in [1.165, 1.54) is 0 Å². The molecule has 4 heteroatoms. The zero-order valence-electron chi connectivity index (χ0n) is 13.8. The van der Waals surface area contributed by atoms with E-state index in [1.807, 2.05) is 59.3 Å². The van der Waals surface area contributed by atoms with Crippen molar-refractivity contribution >= 4 is 6.29 Å². The maximum absolute atomic E-state index is 11.7. The summed E-state index contributed by atoms with van der Waals surface area (Å²) in [6.07, 6.45) is 2.61. The first-order chi connectivity index (χ1) is 11.7. The van der Waals surface area contributed by atoms with Gasteiger partial charge in [-0.15, -0.1) is 0 Å². The fourth-order valence-electron chi connectivity index (χ4n) is 2.69. The molecule has 1 heterocycles. The molecule has 4 nitrogen and oxygen atoms in total. The molecule has 122 valence electrons. The van der Waals surface area contributed by atoms with Crippen LogP contribution in [0.4, 0.5) is 0 Å². The van der Waals surface area contributed by atoms with Crippen LogP contribution in [-0.4, -0.2) is 16.1 Å². The van der Waals surface area contributed by atoms with Crippen LogP contribution in [0.5, 0.6) is 5.75 Å². The summed E-state index contributed by atoms with van der Waals surface area (Å²) in [6, 6.07) is 17.7. The van der Waals surface area contributed by atoms with Crippen molar-refractivity contribution in [2.24, 2.45) is 0 Å². The summed E-state index contributed by atoms with van der Waals surface area (Å²) in [7, 11) is 0. The molecule has 0 unspecified atom stereocenters. The van der Waals surface area contributed by atoms with Gasteiger partial charge >= 0.3 is 0 Å². The van der Waals surface area contributed by atoms with Gasteiger partial charge in [0.05, 0.1) is 11.3 Å². The summed E-state index contributed by atoms with van der Waals surface area (Å²) in [5.41, 5.74) is 3.36. The lowest BCUT2D eigenvalue weighted by molar-refractivity contribution is 0.111. The number of hydrogen-bond acceptors (Lipinski definition) is 3. The Morgan fingerprint density at radius 2 is 1.88 bits per heavy atom. The molecule has 24 heavy (non-hydrogen) atoms. The molecule has 0 amide bonds. The van der Waals surface area contributed by atoms with Crippen LogP contribution in [0, 0.1) is 0 Å². The summed E-state index contributed by atoms with van der Waals surface area (Å²) in [5.74, 6) is 0.586. The predicted octanol–water partition coefficient (Wildman–Crippen LogP) is 4.52. The van der Waals surface area contributed by atoms with Crippen molar-refractivity contribution in [2.75, 3.05) is 0 Å². The van der Waals surface area contributed by atoms with Gasteiger partial charge in [0, 0.05) is 17.8 Å². The van der Waals surface area contributed by atoms with E-state index < -0.39 is 0 Å². The standard InChI is InChI=1S/C20H20N2O2/c1-15(2)22-19(11-12-21-22)17-9-6-10-20(18(17)13-23)24-14-16-7-4-3-5-8-16/h3-13,15H,14H2,1-2H3. The van der Waals surface area contributed by atoms with E-state index >= 15 is 0 Å². The van der Waals surface area contributed by atoms with Gasteiger partial charge in [0.1, 0.15) is 12.4 Å². The summed E-state index contributed by atoms with van der Waals surface area (Å²) in [4.78, 5) is 11.7. The number of nitrogens with zero attached hydrogens (tertiary/aromatic N) is 2. The SMILES string of the molecule is CC(C)n1nccc1-c1cccc(OCc2ccccc2)c1C=O. The Kier molecular flexibility index (Phi) is 4.75. The van der Waals surface area contributed by atoms with Crippen LogP contribution in [0.1, 0.15) is 35.8 Å². The van der Waals surface area contributed by atoms with Crippen LogP contribution in [0.3, 0.4) is 0 Å². The second-order valence-electron chi connectivity index (χ2n) is 5.86. The van der Waals surface area contributed by atoms with Gasteiger partial charge in [0.25, 0.3) is 0 Å². The lowest BCUT2D eigenvalue weighted by Gasteiger charge is -2.15. The largest absolute Gasteiger partial charge is 0.488 e. The monoisotopic (exact) mass is 320 g/mol. The summed E-state index contributed by atoms with van der Waals surface area (Å²) < 4.78 is 7.80. The summed E-state index contributed by atoms with van der Waals surface area (Å²) in [5, 5.41) is 4.35. The molecular weight excluding hydrogens is 300 g/mol. The molecule has 0 aliphatic carbocycles. The lowest BCUT2D eigenvalue weighted by Crippen LogP contribution is -2.06. The van der Waals surface area contributed by atoms with Gasteiger partial charge in [0.2, 0.25) is 0 Å². The first-order valence-electron chi connectivity index (χ1n) is 7.99. The van der Waals surface area contributed by atoms with Crippen molar-refractivity contribution in [2.45, 2.75) is 26.5 Å². The van der Waals surface area contributed by atoms with E-state index in [9.17, 15) is 4.79 Å². The molecule has 0 saturated carbocycles. The molecule has 0 atom stereocenters. The maximum atomic E-state index is 11.7. The third-order valence-electron chi connectivity index (χ3n) is 3.86. The van der Waals surface area contributed by atoms with Crippen molar-refractivity contribution in [1.82, 2.24) is 9.78 Å². The fourth-order valence-corrected chi connectivity index (χ4v) is 2.69. The maximum Gasteiger partial charge on any atom is 0.154 e. The molecule has 0 fully saturated rings. The second kappa shape index (κ2) is 7.13. The molecule has 3 aromatic rings.